The Bertz CT molecular complexity index is 988. The average molecular weight is 395 g/mol. The third-order valence-corrected chi connectivity index (χ3v) is 5.85. The van der Waals surface area contributed by atoms with E-state index in [1.165, 1.54) is 0 Å². The van der Waals surface area contributed by atoms with Crippen LogP contribution in [0.3, 0.4) is 0 Å². The van der Waals surface area contributed by atoms with E-state index in [0.717, 1.165) is 21.1 Å². The summed E-state index contributed by atoms with van der Waals surface area (Å²) >= 11 is 1.54. The first kappa shape index (κ1) is 18.3. The lowest BCUT2D eigenvalue weighted by Gasteiger charge is -2.24. The first-order chi connectivity index (χ1) is 13.7. The molecule has 0 bridgehead atoms. The van der Waals surface area contributed by atoms with Gasteiger partial charge in [0.05, 0.1) is 12.0 Å². The maximum Gasteiger partial charge on any atom is 0.226 e. The highest BCUT2D eigenvalue weighted by Crippen LogP contribution is 2.47. The van der Waals surface area contributed by atoms with E-state index in [2.05, 4.69) is 15.6 Å². The summed E-state index contributed by atoms with van der Waals surface area (Å²) in [5.74, 6) is 1.75. The molecule has 0 saturated carbocycles. The number of hydrogen-bond acceptors (Lipinski definition) is 6. The van der Waals surface area contributed by atoms with Gasteiger partial charge in [-0.15, -0.1) is 0 Å². The molecular formula is C21H21N3O3S. The van der Waals surface area contributed by atoms with E-state index in [4.69, 9.17) is 9.47 Å². The molecule has 28 heavy (non-hydrogen) atoms. The van der Waals surface area contributed by atoms with Crippen LogP contribution in [0.5, 0.6) is 11.5 Å². The van der Waals surface area contributed by atoms with Crippen molar-refractivity contribution < 1.29 is 14.3 Å². The van der Waals surface area contributed by atoms with Gasteiger partial charge in [-0.25, -0.2) is 4.98 Å². The van der Waals surface area contributed by atoms with Crippen LogP contribution < -0.4 is 20.1 Å². The molecule has 0 saturated heterocycles. The number of amides is 1. The number of thiazole rings is 1. The summed E-state index contributed by atoms with van der Waals surface area (Å²) in [5, 5.41) is 6.69. The number of fused-ring (bicyclic) bond motifs is 1. The van der Waals surface area contributed by atoms with E-state index in [0.29, 0.717) is 30.3 Å². The van der Waals surface area contributed by atoms with Gasteiger partial charge in [0.15, 0.2) is 16.6 Å². The number of aromatic nitrogens is 1. The Kier molecular flexibility index (Phi) is 5.16. The molecule has 6 nitrogen and oxygen atoms in total. The quantitative estimate of drug-likeness (QED) is 0.653. The topological polar surface area (TPSA) is 72.5 Å². The molecule has 0 aliphatic carbocycles. The zero-order chi connectivity index (χ0) is 19.5. The zero-order valence-corrected chi connectivity index (χ0v) is 16.5. The molecule has 1 aliphatic heterocycles. The van der Waals surface area contributed by atoms with E-state index >= 15 is 0 Å². The molecule has 4 rings (SSSR count). The summed E-state index contributed by atoms with van der Waals surface area (Å²) in [6.45, 7) is 0.421. The van der Waals surface area contributed by atoms with Gasteiger partial charge in [-0.1, -0.05) is 53.8 Å². The van der Waals surface area contributed by atoms with E-state index < -0.39 is 0 Å². The Hall–Kier alpha value is -3.06. The lowest BCUT2D eigenvalue weighted by atomic mass is 9.90. The number of para-hydroxylation sites is 1. The molecule has 144 valence electrons. The number of hydrogen-bond donors (Lipinski definition) is 2. The van der Waals surface area contributed by atoms with Crippen molar-refractivity contribution in [3.63, 3.8) is 0 Å². The standard InChI is InChI=1S/C21H21N3O3S/c1-22-21-24-20-19(28-21)15(11-17(25)23-20)14-9-6-10-16(26-2)18(14)27-12-13-7-4-3-5-8-13/h3-10,15H,11-12H2,1-2H3,(H,22,24)(H,23,25)/t15-/m1/s1. The number of ether oxygens (including phenoxy) is 2. The summed E-state index contributed by atoms with van der Waals surface area (Å²) in [6, 6.07) is 15.8. The van der Waals surface area contributed by atoms with Crippen LogP contribution in [-0.4, -0.2) is 25.0 Å². The molecule has 3 aromatic rings. The van der Waals surface area contributed by atoms with Crippen LogP contribution in [0, 0.1) is 0 Å². The number of carbonyl (C=O) groups excluding carboxylic acids is 1. The fraction of sp³-hybridized carbons (Fsp3) is 0.238. The molecule has 1 atom stereocenters. The van der Waals surface area contributed by atoms with E-state index in [-0.39, 0.29) is 11.8 Å². The highest BCUT2D eigenvalue weighted by atomic mass is 32.1. The van der Waals surface area contributed by atoms with Crippen molar-refractivity contribution in [1.82, 2.24) is 4.98 Å². The Morgan fingerprint density at radius 1 is 1.21 bits per heavy atom. The minimum atomic E-state index is -0.135. The van der Waals surface area contributed by atoms with E-state index in [1.807, 2.05) is 55.6 Å². The summed E-state index contributed by atoms with van der Waals surface area (Å²) in [6.07, 6.45) is 0.340. The lowest BCUT2D eigenvalue weighted by molar-refractivity contribution is -0.116. The maximum absolute atomic E-state index is 12.3. The summed E-state index contributed by atoms with van der Waals surface area (Å²) in [4.78, 5) is 17.8. The number of carbonyl (C=O) groups is 1. The van der Waals surface area contributed by atoms with Crippen molar-refractivity contribution in [3.05, 3.63) is 64.5 Å². The normalized spacial score (nSPS) is 15.5. The van der Waals surface area contributed by atoms with Gasteiger partial charge in [0, 0.05) is 24.9 Å². The third-order valence-electron chi connectivity index (χ3n) is 4.66. The Labute approximate surface area is 167 Å². The average Bonchev–Trinajstić information content (AvgIpc) is 3.15. The molecule has 0 spiro atoms. The number of benzene rings is 2. The lowest BCUT2D eigenvalue weighted by Crippen LogP contribution is -2.23. The molecule has 1 aliphatic rings. The van der Waals surface area contributed by atoms with Gasteiger partial charge >= 0.3 is 0 Å². The molecular weight excluding hydrogens is 374 g/mol. The molecule has 0 radical (unpaired) electrons. The minimum Gasteiger partial charge on any atom is -0.493 e. The van der Waals surface area contributed by atoms with Crippen molar-refractivity contribution >= 4 is 28.2 Å². The van der Waals surface area contributed by atoms with Crippen LogP contribution in [0.4, 0.5) is 10.9 Å². The maximum atomic E-state index is 12.3. The second kappa shape index (κ2) is 7.90. The number of nitrogens with zero attached hydrogens (tertiary/aromatic N) is 1. The summed E-state index contributed by atoms with van der Waals surface area (Å²) in [5.41, 5.74) is 1.99. The van der Waals surface area contributed by atoms with Gasteiger partial charge in [-0.3, -0.25) is 4.79 Å². The van der Waals surface area contributed by atoms with Crippen molar-refractivity contribution in [3.8, 4) is 11.5 Å². The van der Waals surface area contributed by atoms with Crippen LogP contribution in [0.25, 0.3) is 0 Å². The SMILES string of the molecule is CNc1nc2c(s1)[C@@H](c1cccc(OC)c1OCc1ccccc1)CC(=O)N2. The zero-order valence-electron chi connectivity index (χ0n) is 15.7. The second-order valence-electron chi connectivity index (χ2n) is 6.44. The van der Waals surface area contributed by atoms with Crippen LogP contribution in [-0.2, 0) is 11.4 Å². The molecule has 2 aromatic carbocycles. The highest BCUT2D eigenvalue weighted by molar-refractivity contribution is 7.16. The van der Waals surface area contributed by atoms with Gasteiger partial charge in [0.25, 0.3) is 0 Å². The minimum absolute atomic E-state index is 0.0534. The van der Waals surface area contributed by atoms with Gasteiger partial charge in [-0.05, 0) is 11.6 Å². The molecule has 1 aromatic heterocycles. The predicted octanol–water partition coefficient (Wildman–Crippen LogP) is 4.25. The smallest absolute Gasteiger partial charge is 0.226 e. The Morgan fingerprint density at radius 3 is 2.79 bits per heavy atom. The van der Waals surface area contributed by atoms with Crippen molar-refractivity contribution in [2.24, 2.45) is 0 Å². The van der Waals surface area contributed by atoms with Gasteiger partial charge in [-0.2, -0.15) is 0 Å². The fourth-order valence-electron chi connectivity index (χ4n) is 3.33. The first-order valence-corrected chi connectivity index (χ1v) is 9.83. The largest absolute Gasteiger partial charge is 0.493 e. The van der Waals surface area contributed by atoms with Gasteiger partial charge in [0.1, 0.15) is 12.4 Å². The Balaban J connectivity index is 1.73. The molecule has 1 amide bonds. The van der Waals surface area contributed by atoms with E-state index in [9.17, 15) is 4.79 Å². The molecule has 7 heteroatoms. The second-order valence-corrected chi connectivity index (χ2v) is 7.47. The van der Waals surface area contributed by atoms with Crippen LogP contribution >= 0.6 is 11.3 Å². The first-order valence-electron chi connectivity index (χ1n) is 9.01. The Morgan fingerprint density at radius 2 is 2.04 bits per heavy atom. The number of nitrogens with one attached hydrogen (secondary N) is 2. The van der Waals surface area contributed by atoms with Crippen molar-refractivity contribution in [2.45, 2.75) is 18.9 Å². The summed E-state index contributed by atoms with van der Waals surface area (Å²) < 4.78 is 11.8. The molecule has 2 heterocycles. The van der Waals surface area contributed by atoms with E-state index in [1.54, 1.807) is 18.4 Å². The molecule has 0 fully saturated rings. The van der Waals surface area contributed by atoms with Crippen molar-refractivity contribution in [2.75, 3.05) is 24.8 Å². The summed E-state index contributed by atoms with van der Waals surface area (Å²) in [7, 11) is 3.44. The van der Waals surface area contributed by atoms with Gasteiger partial charge in [0.2, 0.25) is 5.91 Å². The number of methoxy groups -OCH3 is 1. The number of rotatable bonds is 6. The third kappa shape index (κ3) is 3.53. The molecule has 2 N–H and O–H groups in total. The predicted molar refractivity (Wildman–Crippen MR) is 111 cm³/mol. The van der Waals surface area contributed by atoms with Gasteiger partial charge < -0.3 is 20.1 Å². The van der Waals surface area contributed by atoms with Crippen LogP contribution in [0.1, 0.15) is 28.3 Å². The van der Waals surface area contributed by atoms with Crippen molar-refractivity contribution in [1.29, 1.82) is 0 Å². The van der Waals surface area contributed by atoms with Crippen LogP contribution in [0.2, 0.25) is 0 Å². The molecule has 0 unspecified atom stereocenters. The van der Waals surface area contributed by atoms with Crippen LogP contribution in [0.15, 0.2) is 48.5 Å². The highest BCUT2D eigenvalue weighted by Gasteiger charge is 2.33. The number of anilines is 2. The fourth-order valence-corrected chi connectivity index (χ4v) is 4.32. The monoisotopic (exact) mass is 395 g/mol.